The molecule has 0 N–H and O–H groups in total. The molecule has 1 saturated carbocycles. The first-order chi connectivity index (χ1) is 9.54. The Balaban J connectivity index is 1.91. The Bertz CT molecular complexity index is 596. The lowest BCUT2D eigenvalue weighted by atomic mass is 9.86. The molecule has 0 amide bonds. The van der Waals surface area contributed by atoms with E-state index in [-0.39, 0.29) is 6.04 Å². The van der Waals surface area contributed by atoms with Crippen molar-refractivity contribution in [1.82, 2.24) is 8.87 Å². The second kappa shape index (κ2) is 5.35. The summed E-state index contributed by atoms with van der Waals surface area (Å²) in [5, 5.41) is 0. The number of halogens is 1. The fourth-order valence-electron chi connectivity index (χ4n) is 3.65. The van der Waals surface area contributed by atoms with Gasteiger partial charge in [-0.3, -0.25) is 0 Å². The summed E-state index contributed by atoms with van der Waals surface area (Å²) in [5.41, 5.74) is 0.838. The van der Waals surface area contributed by atoms with E-state index in [0.29, 0.717) is 23.2 Å². The van der Waals surface area contributed by atoms with Crippen LogP contribution in [0.1, 0.15) is 37.8 Å². The molecule has 20 heavy (non-hydrogen) atoms. The van der Waals surface area contributed by atoms with Crippen LogP contribution in [0, 0.1) is 5.92 Å². The highest BCUT2D eigenvalue weighted by molar-refractivity contribution is 7.89. The summed E-state index contributed by atoms with van der Waals surface area (Å²) in [6.45, 7) is 0.669. The predicted molar refractivity (Wildman–Crippen MR) is 79.2 cm³/mol. The van der Waals surface area contributed by atoms with Gasteiger partial charge in [-0.25, -0.2) is 8.42 Å². The molecule has 0 aromatic carbocycles. The van der Waals surface area contributed by atoms with Crippen LogP contribution in [0.25, 0.3) is 0 Å². The minimum Gasteiger partial charge on any atom is -0.352 e. The van der Waals surface area contributed by atoms with Crippen molar-refractivity contribution in [2.45, 2.75) is 48.9 Å². The monoisotopic (exact) mass is 316 g/mol. The summed E-state index contributed by atoms with van der Waals surface area (Å²) in [6, 6.07) is 1.92. The number of fused-ring (bicyclic) bond motifs is 1. The van der Waals surface area contributed by atoms with Crippen LogP contribution in [-0.2, 0) is 23.0 Å². The average molecular weight is 317 g/mol. The highest BCUT2D eigenvalue weighted by Crippen LogP contribution is 2.39. The number of aromatic nitrogens is 1. The zero-order chi connectivity index (χ0) is 14.3. The van der Waals surface area contributed by atoms with E-state index in [1.165, 1.54) is 12.8 Å². The van der Waals surface area contributed by atoms with Gasteiger partial charge in [0.2, 0.25) is 10.0 Å². The number of sulfonamides is 1. The van der Waals surface area contributed by atoms with Gasteiger partial charge in [0, 0.05) is 31.5 Å². The van der Waals surface area contributed by atoms with Gasteiger partial charge < -0.3 is 4.57 Å². The molecule has 2 unspecified atom stereocenters. The first-order valence-electron chi connectivity index (χ1n) is 7.27. The van der Waals surface area contributed by atoms with Gasteiger partial charge in [0.25, 0.3) is 0 Å². The van der Waals surface area contributed by atoms with Gasteiger partial charge in [-0.1, -0.05) is 12.8 Å². The molecule has 4 nitrogen and oxygen atoms in total. The molecule has 2 heterocycles. The van der Waals surface area contributed by atoms with Gasteiger partial charge in [-0.05, 0) is 31.2 Å². The Kier molecular flexibility index (Phi) is 3.86. The lowest BCUT2D eigenvalue weighted by molar-refractivity contribution is 0.260. The van der Waals surface area contributed by atoms with E-state index in [9.17, 15) is 8.42 Å². The van der Waals surface area contributed by atoms with E-state index < -0.39 is 10.0 Å². The van der Waals surface area contributed by atoms with Crippen molar-refractivity contribution in [2.24, 2.45) is 13.0 Å². The molecule has 1 saturated heterocycles. The Morgan fingerprint density at radius 3 is 2.75 bits per heavy atom. The highest BCUT2D eigenvalue weighted by Gasteiger charge is 2.42. The average Bonchev–Trinajstić information content (AvgIpc) is 3.02. The Morgan fingerprint density at radius 2 is 2.05 bits per heavy atom. The normalized spacial score (nSPS) is 27.7. The van der Waals surface area contributed by atoms with Gasteiger partial charge in [0.05, 0.1) is 5.88 Å². The zero-order valence-electron chi connectivity index (χ0n) is 11.8. The van der Waals surface area contributed by atoms with E-state index in [1.54, 1.807) is 21.1 Å². The van der Waals surface area contributed by atoms with E-state index in [0.717, 1.165) is 25.0 Å². The van der Waals surface area contributed by atoms with Crippen molar-refractivity contribution >= 4 is 21.6 Å². The maximum Gasteiger partial charge on any atom is 0.244 e. The molecule has 3 rings (SSSR count). The minimum atomic E-state index is -3.37. The first kappa shape index (κ1) is 14.4. The summed E-state index contributed by atoms with van der Waals surface area (Å²) in [4.78, 5) is 0.391. The number of alkyl halides is 1. The minimum absolute atomic E-state index is 0.216. The van der Waals surface area contributed by atoms with E-state index >= 15 is 0 Å². The molecule has 2 atom stereocenters. The SMILES string of the molecule is Cn1cc(S(=O)(=O)N2CCC3CCCCC32)cc1CCl. The highest BCUT2D eigenvalue weighted by atomic mass is 35.5. The maximum absolute atomic E-state index is 12.8. The Morgan fingerprint density at radius 1 is 1.30 bits per heavy atom. The van der Waals surface area contributed by atoms with Crippen LogP contribution in [0.3, 0.4) is 0 Å². The van der Waals surface area contributed by atoms with Gasteiger partial charge in [0.15, 0.2) is 0 Å². The molecule has 1 aliphatic heterocycles. The molecule has 1 aromatic rings. The van der Waals surface area contributed by atoms with Gasteiger partial charge in [0.1, 0.15) is 4.90 Å². The lowest BCUT2D eigenvalue weighted by Gasteiger charge is -2.30. The summed E-state index contributed by atoms with van der Waals surface area (Å²) < 4.78 is 29.2. The zero-order valence-corrected chi connectivity index (χ0v) is 13.3. The second-order valence-corrected chi connectivity index (χ2v) is 8.09. The smallest absolute Gasteiger partial charge is 0.244 e. The molecule has 1 aliphatic carbocycles. The molecule has 2 fully saturated rings. The second-order valence-electron chi connectivity index (χ2n) is 5.93. The lowest BCUT2D eigenvalue weighted by Crippen LogP contribution is -2.39. The summed E-state index contributed by atoms with van der Waals surface area (Å²) >= 11 is 5.84. The number of aryl methyl sites for hydroxylation is 1. The van der Waals surface area contributed by atoms with Gasteiger partial charge >= 0.3 is 0 Å². The van der Waals surface area contributed by atoms with Crippen molar-refractivity contribution < 1.29 is 8.42 Å². The third kappa shape index (κ3) is 2.30. The largest absolute Gasteiger partial charge is 0.352 e. The van der Waals surface area contributed by atoms with Crippen molar-refractivity contribution in [1.29, 1.82) is 0 Å². The van der Waals surface area contributed by atoms with Crippen LogP contribution in [0.15, 0.2) is 17.2 Å². The standard InChI is InChI=1S/C14H21ClN2O2S/c1-16-10-13(8-12(16)9-15)20(18,19)17-7-6-11-4-2-3-5-14(11)17/h8,10-11,14H,2-7,9H2,1H3. The molecule has 112 valence electrons. The molecular weight excluding hydrogens is 296 g/mol. The number of hydrogen-bond acceptors (Lipinski definition) is 2. The maximum atomic E-state index is 12.8. The first-order valence-corrected chi connectivity index (χ1v) is 9.24. The van der Waals surface area contributed by atoms with Crippen LogP contribution in [0.5, 0.6) is 0 Å². The topological polar surface area (TPSA) is 42.3 Å². The summed E-state index contributed by atoms with van der Waals surface area (Å²) in [5.74, 6) is 0.896. The van der Waals surface area contributed by atoms with Gasteiger partial charge in [-0.15, -0.1) is 11.6 Å². The number of nitrogens with zero attached hydrogens (tertiary/aromatic N) is 2. The van der Waals surface area contributed by atoms with Crippen molar-refractivity contribution in [3.05, 3.63) is 18.0 Å². The fraction of sp³-hybridized carbons (Fsp3) is 0.714. The van der Waals surface area contributed by atoms with E-state index in [2.05, 4.69) is 0 Å². The molecule has 1 aromatic heterocycles. The number of hydrogen-bond donors (Lipinski definition) is 0. The van der Waals surface area contributed by atoms with Crippen LogP contribution in [0.2, 0.25) is 0 Å². The van der Waals surface area contributed by atoms with Gasteiger partial charge in [-0.2, -0.15) is 4.31 Å². The molecular formula is C14H21ClN2O2S. The predicted octanol–water partition coefficient (Wildman–Crippen LogP) is 2.72. The molecule has 0 radical (unpaired) electrons. The Labute approximate surface area is 125 Å². The molecule has 2 aliphatic rings. The Hall–Kier alpha value is -0.520. The molecule has 6 heteroatoms. The quantitative estimate of drug-likeness (QED) is 0.805. The van der Waals surface area contributed by atoms with Crippen LogP contribution in [0.4, 0.5) is 0 Å². The summed E-state index contributed by atoms with van der Waals surface area (Å²) in [6.07, 6.45) is 7.28. The number of rotatable bonds is 3. The van der Waals surface area contributed by atoms with Crippen LogP contribution in [-0.4, -0.2) is 29.9 Å². The van der Waals surface area contributed by atoms with Crippen molar-refractivity contribution in [2.75, 3.05) is 6.54 Å². The van der Waals surface area contributed by atoms with E-state index in [1.807, 2.05) is 7.05 Å². The van der Waals surface area contributed by atoms with Crippen LogP contribution >= 0.6 is 11.6 Å². The fourth-order valence-corrected chi connectivity index (χ4v) is 5.74. The summed E-state index contributed by atoms with van der Waals surface area (Å²) in [7, 11) is -1.53. The van der Waals surface area contributed by atoms with Crippen LogP contribution < -0.4 is 0 Å². The molecule has 0 spiro atoms. The van der Waals surface area contributed by atoms with Crippen molar-refractivity contribution in [3.63, 3.8) is 0 Å². The molecule has 0 bridgehead atoms. The van der Waals surface area contributed by atoms with E-state index in [4.69, 9.17) is 11.6 Å². The third-order valence-corrected chi connectivity index (χ3v) is 6.95. The van der Waals surface area contributed by atoms with Crippen molar-refractivity contribution in [3.8, 4) is 0 Å². The third-order valence-electron chi connectivity index (χ3n) is 4.79.